The van der Waals surface area contributed by atoms with Gasteiger partial charge >= 0.3 is 0 Å². The normalized spacial score (nSPS) is 14.2. The molecule has 0 spiro atoms. The van der Waals surface area contributed by atoms with Crippen LogP contribution in [0.15, 0.2) is 66.8 Å². The Balaban J connectivity index is 1.94. The predicted molar refractivity (Wildman–Crippen MR) is 97.1 cm³/mol. The van der Waals surface area contributed by atoms with Crippen LogP contribution in [0.1, 0.15) is 24.2 Å². The van der Waals surface area contributed by atoms with Gasteiger partial charge in [-0.25, -0.2) is 0 Å². The summed E-state index contributed by atoms with van der Waals surface area (Å²) >= 11 is 0. The van der Waals surface area contributed by atoms with Crippen molar-refractivity contribution in [1.82, 2.24) is 0 Å². The molecule has 0 amide bonds. The van der Waals surface area contributed by atoms with Gasteiger partial charge in [0.2, 0.25) is 6.79 Å². The highest BCUT2D eigenvalue weighted by Gasteiger charge is 2.27. The first kappa shape index (κ1) is 17.7. The Kier molecular flexibility index (Phi) is 5.66. The molecule has 6 nitrogen and oxygen atoms in total. The third kappa shape index (κ3) is 4.10. The number of nitro benzene ring substituents is 1. The fourth-order valence-corrected chi connectivity index (χ4v) is 2.62. The molecule has 26 heavy (non-hydrogen) atoms. The van der Waals surface area contributed by atoms with Crippen molar-refractivity contribution in [3.63, 3.8) is 0 Å². The van der Waals surface area contributed by atoms with Crippen molar-refractivity contribution in [2.24, 2.45) is 0 Å². The van der Waals surface area contributed by atoms with Crippen molar-refractivity contribution in [3.05, 3.63) is 88.0 Å². The standard InChI is InChI=1S/C20H19NO5/c1-2-3-5-10-18(24-13-15-8-6-4-7-9-15)16-11-19-20(26-14-25-19)12-17(16)21(22)23/h2-12,18H,13-14H2,1H3/b3-2+,10-5+. The van der Waals surface area contributed by atoms with Gasteiger partial charge in [0.25, 0.3) is 5.69 Å². The minimum Gasteiger partial charge on any atom is -0.454 e. The molecule has 1 heterocycles. The molecule has 2 aromatic carbocycles. The van der Waals surface area contributed by atoms with Crippen LogP contribution in [-0.4, -0.2) is 11.7 Å². The third-order valence-corrected chi connectivity index (χ3v) is 3.89. The maximum atomic E-state index is 11.5. The highest BCUT2D eigenvalue weighted by atomic mass is 16.7. The summed E-state index contributed by atoms with van der Waals surface area (Å²) < 4.78 is 16.6. The van der Waals surface area contributed by atoms with Gasteiger partial charge in [0.05, 0.1) is 23.2 Å². The van der Waals surface area contributed by atoms with Gasteiger partial charge in [-0.3, -0.25) is 10.1 Å². The minimum atomic E-state index is -0.596. The van der Waals surface area contributed by atoms with Crippen LogP contribution < -0.4 is 9.47 Å². The van der Waals surface area contributed by atoms with Crippen molar-refractivity contribution < 1.29 is 19.1 Å². The highest BCUT2D eigenvalue weighted by molar-refractivity contribution is 5.56. The summed E-state index contributed by atoms with van der Waals surface area (Å²) in [6, 6.07) is 12.7. The quantitative estimate of drug-likeness (QED) is 0.409. The zero-order valence-electron chi connectivity index (χ0n) is 14.3. The van der Waals surface area contributed by atoms with Crippen LogP contribution in [0.4, 0.5) is 5.69 Å². The summed E-state index contributed by atoms with van der Waals surface area (Å²) in [6.45, 7) is 2.28. The van der Waals surface area contributed by atoms with E-state index in [1.54, 1.807) is 12.1 Å². The van der Waals surface area contributed by atoms with Gasteiger partial charge in [-0.2, -0.15) is 0 Å². The first-order valence-corrected chi connectivity index (χ1v) is 8.22. The van der Waals surface area contributed by atoms with Gasteiger partial charge in [0.15, 0.2) is 11.5 Å². The van der Waals surface area contributed by atoms with Gasteiger partial charge < -0.3 is 14.2 Å². The van der Waals surface area contributed by atoms with E-state index in [2.05, 4.69) is 0 Å². The van der Waals surface area contributed by atoms with Crippen molar-refractivity contribution in [2.45, 2.75) is 19.6 Å². The molecule has 1 atom stereocenters. The van der Waals surface area contributed by atoms with Gasteiger partial charge in [-0.05, 0) is 18.6 Å². The van der Waals surface area contributed by atoms with E-state index in [1.165, 1.54) is 6.07 Å². The van der Waals surface area contributed by atoms with Crippen LogP contribution in [-0.2, 0) is 11.3 Å². The van der Waals surface area contributed by atoms with Gasteiger partial charge in [-0.1, -0.05) is 54.6 Å². The first-order chi connectivity index (χ1) is 12.7. The second-order valence-electron chi connectivity index (χ2n) is 5.65. The number of hydrogen-bond donors (Lipinski definition) is 0. The number of nitrogens with zero attached hydrogens (tertiary/aromatic N) is 1. The molecule has 0 bridgehead atoms. The van der Waals surface area contributed by atoms with Crippen molar-refractivity contribution in [1.29, 1.82) is 0 Å². The molecule has 1 aliphatic rings. The average molecular weight is 353 g/mol. The summed E-state index contributed by atoms with van der Waals surface area (Å²) in [6.07, 6.45) is 6.72. The Labute approximate surface area is 151 Å². The monoisotopic (exact) mass is 353 g/mol. The lowest BCUT2D eigenvalue weighted by molar-refractivity contribution is -0.386. The van der Waals surface area contributed by atoms with Crippen LogP contribution in [0.2, 0.25) is 0 Å². The van der Waals surface area contributed by atoms with Crippen LogP contribution >= 0.6 is 0 Å². The predicted octanol–water partition coefficient (Wildman–Crippen LogP) is 4.71. The molecule has 1 aliphatic heterocycles. The van der Waals surface area contributed by atoms with E-state index in [9.17, 15) is 10.1 Å². The zero-order valence-corrected chi connectivity index (χ0v) is 14.3. The number of ether oxygens (including phenoxy) is 3. The number of hydrogen-bond acceptors (Lipinski definition) is 5. The Bertz CT molecular complexity index is 830. The minimum absolute atomic E-state index is 0.0554. The Morgan fingerprint density at radius 2 is 1.92 bits per heavy atom. The van der Waals surface area contributed by atoms with Crippen LogP contribution in [0.25, 0.3) is 0 Å². The van der Waals surface area contributed by atoms with Crippen molar-refractivity contribution >= 4 is 5.69 Å². The fraction of sp³-hybridized carbons (Fsp3) is 0.200. The lowest BCUT2D eigenvalue weighted by Gasteiger charge is -2.15. The van der Waals surface area contributed by atoms with E-state index in [-0.39, 0.29) is 12.5 Å². The molecule has 0 aliphatic carbocycles. The van der Waals surface area contributed by atoms with Crippen molar-refractivity contribution in [3.8, 4) is 11.5 Å². The summed E-state index contributed by atoms with van der Waals surface area (Å²) in [5, 5.41) is 11.5. The third-order valence-electron chi connectivity index (χ3n) is 3.89. The molecule has 3 rings (SSSR count). The number of fused-ring (bicyclic) bond motifs is 1. The number of allylic oxidation sites excluding steroid dienone is 3. The molecule has 2 aromatic rings. The molecule has 0 N–H and O–H groups in total. The molecule has 1 unspecified atom stereocenters. The summed E-state index contributed by atoms with van der Waals surface area (Å²) in [5.41, 5.74) is 1.36. The summed E-state index contributed by atoms with van der Waals surface area (Å²) in [5.74, 6) is 0.859. The van der Waals surface area contributed by atoms with E-state index in [1.807, 2.05) is 55.5 Å². The van der Waals surface area contributed by atoms with E-state index in [0.29, 0.717) is 23.7 Å². The van der Waals surface area contributed by atoms with Crippen LogP contribution in [0, 0.1) is 10.1 Å². The number of nitro groups is 1. The number of benzene rings is 2. The smallest absolute Gasteiger partial charge is 0.279 e. The maximum absolute atomic E-state index is 11.5. The molecule has 6 heteroatoms. The lowest BCUT2D eigenvalue weighted by atomic mass is 10.0. The topological polar surface area (TPSA) is 70.8 Å². The molecule has 0 aromatic heterocycles. The van der Waals surface area contributed by atoms with Gasteiger partial charge in [-0.15, -0.1) is 0 Å². The average Bonchev–Trinajstić information content (AvgIpc) is 3.12. The first-order valence-electron chi connectivity index (χ1n) is 8.22. The molecule has 0 saturated heterocycles. The van der Waals surface area contributed by atoms with E-state index in [0.717, 1.165) is 5.56 Å². The molecular weight excluding hydrogens is 334 g/mol. The molecule has 0 saturated carbocycles. The molecular formula is C20H19NO5. The van der Waals surface area contributed by atoms with E-state index in [4.69, 9.17) is 14.2 Å². The largest absolute Gasteiger partial charge is 0.454 e. The van der Waals surface area contributed by atoms with Gasteiger partial charge in [0.1, 0.15) is 6.10 Å². The molecule has 0 radical (unpaired) electrons. The van der Waals surface area contributed by atoms with E-state index >= 15 is 0 Å². The number of rotatable bonds is 7. The van der Waals surface area contributed by atoms with Crippen LogP contribution in [0.5, 0.6) is 11.5 Å². The maximum Gasteiger partial charge on any atom is 0.279 e. The summed E-state index contributed by atoms with van der Waals surface area (Å²) in [4.78, 5) is 11.1. The Morgan fingerprint density at radius 3 is 2.62 bits per heavy atom. The summed E-state index contributed by atoms with van der Waals surface area (Å²) in [7, 11) is 0. The second-order valence-corrected chi connectivity index (χ2v) is 5.65. The van der Waals surface area contributed by atoms with Crippen LogP contribution in [0.3, 0.4) is 0 Å². The Morgan fingerprint density at radius 1 is 1.19 bits per heavy atom. The lowest BCUT2D eigenvalue weighted by Crippen LogP contribution is -2.06. The molecule has 0 fully saturated rings. The Hall–Kier alpha value is -3.12. The fourth-order valence-electron chi connectivity index (χ4n) is 2.62. The zero-order chi connectivity index (χ0) is 18.4. The molecule has 134 valence electrons. The van der Waals surface area contributed by atoms with Crippen molar-refractivity contribution in [2.75, 3.05) is 6.79 Å². The van der Waals surface area contributed by atoms with Gasteiger partial charge in [0, 0.05) is 0 Å². The SMILES string of the molecule is C/C=C/C=C/C(OCc1ccccc1)c1cc2c(cc1[N+](=O)[O-])OCO2. The highest BCUT2D eigenvalue weighted by Crippen LogP contribution is 2.41. The van der Waals surface area contributed by atoms with E-state index < -0.39 is 11.0 Å². The second kappa shape index (κ2) is 8.31.